The topological polar surface area (TPSA) is 83.9 Å². The number of hydrogen-bond acceptors (Lipinski definition) is 5. The summed E-state index contributed by atoms with van der Waals surface area (Å²) in [5.41, 5.74) is 3.48. The molecule has 1 aliphatic heterocycles. The van der Waals surface area contributed by atoms with Crippen LogP contribution in [0.25, 0.3) is 16.5 Å². The summed E-state index contributed by atoms with van der Waals surface area (Å²) in [4.78, 5) is 39.7. The molecule has 1 atom stereocenters. The van der Waals surface area contributed by atoms with Crippen molar-refractivity contribution in [2.45, 2.75) is 26.8 Å². The summed E-state index contributed by atoms with van der Waals surface area (Å²) in [5.74, 6) is -1.84. The normalized spacial score (nSPS) is 16.8. The summed E-state index contributed by atoms with van der Waals surface area (Å²) in [7, 11) is 0. The molecule has 5 rings (SSSR count). The number of ether oxygens (including phenoxy) is 1. The molecule has 6 nitrogen and oxygen atoms in total. The molecule has 0 bridgehead atoms. The van der Waals surface area contributed by atoms with Gasteiger partial charge in [-0.2, -0.15) is 0 Å². The molecule has 1 amide bonds. The summed E-state index contributed by atoms with van der Waals surface area (Å²) in [5, 5.41) is 13.4. The minimum Gasteiger partial charge on any atom is -0.507 e. The van der Waals surface area contributed by atoms with Crippen LogP contribution < -0.4 is 9.64 Å². The van der Waals surface area contributed by atoms with Crippen LogP contribution in [0.5, 0.6) is 5.75 Å². The standard InChI is InChI=1S/C31H25NO5/c1-18-14-19(2)16-25(15-18)32-28(22-10-12-26(13-11-22)37-20(3)33)27(30(35)31(32)36)29(34)24-9-8-21-6-4-5-7-23(21)17-24/h4-17,28,34H,1-3H3/b29-27-. The van der Waals surface area contributed by atoms with Crippen LogP contribution in [0, 0.1) is 13.8 Å². The second-order valence-electron chi connectivity index (χ2n) is 9.24. The first kappa shape index (κ1) is 24.0. The SMILES string of the molecule is CC(=O)Oc1ccc(C2/C(=C(/O)c3ccc4ccccc4c3)C(=O)C(=O)N2c2cc(C)cc(C)c2)cc1. The van der Waals surface area contributed by atoms with Gasteiger partial charge in [0.25, 0.3) is 11.7 Å². The Morgan fingerprint density at radius 2 is 1.49 bits per heavy atom. The Labute approximate surface area is 214 Å². The quantitative estimate of drug-likeness (QED) is 0.124. The van der Waals surface area contributed by atoms with Crippen molar-refractivity contribution in [2.24, 2.45) is 0 Å². The first-order valence-corrected chi connectivity index (χ1v) is 11.9. The molecule has 4 aromatic rings. The summed E-state index contributed by atoms with van der Waals surface area (Å²) >= 11 is 0. The Bertz CT molecular complexity index is 1580. The third-order valence-electron chi connectivity index (χ3n) is 6.41. The summed E-state index contributed by atoms with van der Waals surface area (Å²) in [6.07, 6.45) is 0. The summed E-state index contributed by atoms with van der Waals surface area (Å²) < 4.78 is 5.15. The molecule has 0 radical (unpaired) electrons. The molecular weight excluding hydrogens is 466 g/mol. The second kappa shape index (κ2) is 9.39. The molecule has 6 heteroatoms. The van der Waals surface area contributed by atoms with Crippen LogP contribution in [-0.2, 0) is 14.4 Å². The van der Waals surface area contributed by atoms with Crippen LogP contribution in [0.4, 0.5) is 5.69 Å². The Balaban J connectivity index is 1.71. The van der Waals surface area contributed by atoms with Gasteiger partial charge >= 0.3 is 5.97 Å². The van der Waals surface area contributed by atoms with Crippen molar-refractivity contribution in [1.29, 1.82) is 0 Å². The van der Waals surface area contributed by atoms with Gasteiger partial charge in [-0.05, 0) is 71.6 Å². The molecule has 0 saturated carbocycles. The van der Waals surface area contributed by atoms with E-state index in [9.17, 15) is 19.5 Å². The first-order chi connectivity index (χ1) is 17.7. The van der Waals surface area contributed by atoms with Gasteiger partial charge in [0.15, 0.2) is 0 Å². The zero-order valence-corrected chi connectivity index (χ0v) is 20.7. The fraction of sp³-hybridized carbons (Fsp3) is 0.129. The number of amides is 1. The van der Waals surface area contributed by atoms with Crippen molar-refractivity contribution in [3.05, 3.63) is 113 Å². The number of anilines is 1. The number of nitrogens with zero attached hydrogens (tertiary/aromatic N) is 1. The number of aliphatic hydroxyl groups is 1. The lowest BCUT2D eigenvalue weighted by Gasteiger charge is -2.26. The highest BCUT2D eigenvalue weighted by Gasteiger charge is 2.47. The molecule has 37 heavy (non-hydrogen) atoms. The second-order valence-corrected chi connectivity index (χ2v) is 9.24. The maximum absolute atomic E-state index is 13.5. The Kier molecular flexibility index (Phi) is 6.09. The van der Waals surface area contributed by atoms with Crippen LogP contribution in [-0.4, -0.2) is 22.8 Å². The minimum atomic E-state index is -0.876. The van der Waals surface area contributed by atoms with Crippen LogP contribution >= 0.6 is 0 Å². The number of ketones is 1. The van der Waals surface area contributed by atoms with Gasteiger partial charge in [0.05, 0.1) is 11.6 Å². The third-order valence-corrected chi connectivity index (χ3v) is 6.41. The minimum absolute atomic E-state index is 0.000299. The van der Waals surface area contributed by atoms with E-state index in [1.807, 2.05) is 62.4 Å². The fourth-order valence-corrected chi connectivity index (χ4v) is 4.88. The molecule has 0 aromatic heterocycles. The fourth-order valence-electron chi connectivity index (χ4n) is 4.88. The molecule has 1 saturated heterocycles. The van der Waals surface area contributed by atoms with Crippen molar-refractivity contribution in [2.75, 3.05) is 4.90 Å². The number of rotatable bonds is 4. The van der Waals surface area contributed by atoms with E-state index in [0.717, 1.165) is 21.9 Å². The van der Waals surface area contributed by atoms with Gasteiger partial charge in [-0.25, -0.2) is 0 Å². The van der Waals surface area contributed by atoms with Gasteiger partial charge in [0.2, 0.25) is 0 Å². The van der Waals surface area contributed by atoms with Crippen molar-refractivity contribution in [1.82, 2.24) is 0 Å². The van der Waals surface area contributed by atoms with Gasteiger partial charge < -0.3 is 9.84 Å². The lowest BCUT2D eigenvalue weighted by Crippen LogP contribution is -2.29. The van der Waals surface area contributed by atoms with Crippen LogP contribution in [0.15, 0.2) is 90.5 Å². The van der Waals surface area contributed by atoms with Crippen LogP contribution in [0.2, 0.25) is 0 Å². The van der Waals surface area contributed by atoms with E-state index in [-0.39, 0.29) is 11.3 Å². The Hall–Kier alpha value is -4.71. The zero-order chi connectivity index (χ0) is 26.3. The van der Waals surface area contributed by atoms with Crippen LogP contribution in [0.3, 0.4) is 0 Å². The molecule has 1 N–H and O–H groups in total. The summed E-state index contributed by atoms with van der Waals surface area (Å²) in [6.45, 7) is 5.16. The average Bonchev–Trinajstić information content (AvgIpc) is 3.13. The molecule has 1 unspecified atom stereocenters. The molecular formula is C31H25NO5. The van der Waals surface area contributed by atoms with Gasteiger partial charge in [0, 0.05) is 18.2 Å². The zero-order valence-electron chi connectivity index (χ0n) is 20.7. The number of aryl methyl sites for hydroxylation is 2. The number of benzene rings is 4. The Morgan fingerprint density at radius 1 is 0.838 bits per heavy atom. The molecule has 1 fully saturated rings. The van der Waals surface area contributed by atoms with E-state index in [1.54, 1.807) is 36.4 Å². The van der Waals surface area contributed by atoms with Gasteiger partial charge in [-0.15, -0.1) is 0 Å². The van der Waals surface area contributed by atoms with E-state index in [0.29, 0.717) is 22.6 Å². The van der Waals surface area contributed by atoms with E-state index in [4.69, 9.17) is 4.74 Å². The lowest BCUT2D eigenvalue weighted by molar-refractivity contribution is -0.132. The highest BCUT2D eigenvalue weighted by atomic mass is 16.5. The van der Waals surface area contributed by atoms with Gasteiger partial charge in [-0.1, -0.05) is 54.6 Å². The van der Waals surface area contributed by atoms with Crippen LogP contribution in [0.1, 0.15) is 35.2 Å². The molecule has 0 spiro atoms. The van der Waals surface area contributed by atoms with Crippen molar-refractivity contribution in [3.63, 3.8) is 0 Å². The number of Topliss-reactive ketones (excluding diaryl/α,β-unsaturated/α-hetero) is 1. The number of aliphatic hydroxyl groups excluding tert-OH is 1. The molecule has 4 aromatic carbocycles. The van der Waals surface area contributed by atoms with Gasteiger partial charge in [-0.3, -0.25) is 19.3 Å². The largest absolute Gasteiger partial charge is 0.507 e. The van der Waals surface area contributed by atoms with E-state index < -0.39 is 23.7 Å². The Morgan fingerprint density at radius 3 is 2.14 bits per heavy atom. The predicted molar refractivity (Wildman–Crippen MR) is 142 cm³/mol. The van der Waals surface area contributed by atoms with E-state index >= 15 is 0 Å². The van der Waals surface area contributed by atoms with Gasteiger partial charge in [0.1, 0.15) is 11.5 Å². The number of esters is 1. The van der Waals surface area contributed by atoms with Crippen molar-refractivity contribution in [3.8, 4) is 5.75 Å². The first-order valence-electron chi connectivity index (χ1n) is 11.9. The maximum Gasteiger partial charge on any atom is 0.308 e. The molecule has 1 aliphatic rings. The summed E-state index contributed by atoms with van der Waals surface area (Å²) in [6, 6.07) is 24.5. The number of carbonyl (C=O) groups excluding carboxylic acids is 3. The highest BCUT2D eigenvalue weighted by molar-refractivity contribution is 6.51. The molecule has 0 aliphatic carbocycles. The lowest BCUT2D eigenvalue weighted by atomic mass is 9.94. The van der Waals surface area contributed by atoms with E-state index in [2.05, 4.69) is 0 Å². The monoisotopic (exact) mass is 491 g/mol. The molecule has 1 heterocycles. The predicted octanol–water partition coefficient (Wildman–Crippen LogP) is 6.01. The van der Waals surface area contributed by atoms with Crippen molar-refractivity contribution >= 4 is 39.9 Å². The average molecular weight is 492 g/mol. The van der Waals surface area contributed by atoms with E-state index in [1.165, 1.54) is 11.8 Å². The highest BCUT2D eigenvalue weighted by Crippen LogP contribution is 2.43. The number of carbonyl (C=O) groups is 3. The number of fused-ring (bicyclic) bond motifs is 1. The number of hydrogen-bond donors (Lipinski definition) is 1. The molecule has 184 valence electrons. The third kappa shape index (κ3) is 4.49. The van der Waals surface area contributed by atoms with Crippen molar-refractivity contribution < 1.29 is 24.2 Å². The maximum atomic E-state index is 13.5. The smallest absolute Gasteiger partial charge is 0.308 e.